The number of benzene rings is 2. The first kappa shape index (κ1) is 15.2. The first-order chi connectivity index (χ1) is 10.1. The molecule has 2 rings (SSSR count). The van der Waals surface area contributed by atoms with Gasteiger partial charge in [-0.3, -0.25) is 0 Å². The highest BCUT2D eigenvalue weighted by Crippen LogP contribution is 2.14. The predicted octanol–water partition coefficient (Wildman–Crippen LogP) is 4.26. The minimum atomic E-state index is -1.23. The molecule has 0 radical (unpaired) electrons. The Morgan fingerprint density at radius 2 is 1.48 bits per heavy atom. The Balaban J connectivity index is 1.99. The van der Waals surface area contributed by atoms with Crippen LogP contribution in [0, 0.1) is 5.82 Å². The number of carbonyl (C=O) groups is 1. The monoisotopic (exact) mass is 286 g/mol. The third-order valence-corrected chi connectivity index (χ3v) is 3.53. The van der Waals surface area contributed by atoms with Crippen molar-refractivity contribution < 1.29 is 14.3 Å². The largest absolute Gasteiger partial charge is 0.478 e. The summed E-state index contributed by atoms with van der Waals surface area (Å²) in [7, 11) is 0. The van der Waals surface area contributed by atoms with Gasteiger partial charge in [0.2, 0.25) is 0 Å². The predicted molar refractivity (Wildman–Crippen MR) is 81.2 cm³/mol. The summed E-state index contributed by atoms with van der Waals surface area (Å²) in [4.78, 5) is 10.8. The van der Waals surface area contributed by atoms with Gasteiger partial charge in [-0.2, -0.15) is 0 Å². The molecule has 0 aliphatic carbocycles. The van der Waals surface area contributed by atoms with Crippen molar-refractivity contribution in [2.24, 2.45) is 0 Å². The van der Waals surface area contributed by atoms with Crippen molar-refractivity contribution in [2.45, 2.75) is 32.6 Å². The lowest BCUT2D eigenvalue weighted by atomic mass is 10.0. The zero-order valence-electron chi connectivity index (χ0n) is 12.1. The van der Waals surface area contributed by atoms with E-state index >= 15 is 0 Å². The highest BCUT2D eigenvalue weighted by atomic mass is 19.1. The molecule has 0 unspecified atom stereocenters. The van der Waals surface area contributed by atoms with Gasteiger partial charge < -0.3 is 5.11 Å². The first-order valence-electron chi connectivity index (χ1n) is 7.19. The molecule has 2 nitrogen and oxygen atoms in total. The maximum Gasteiger partial charge on any atom is 0.338 e. The fourth-order valence-corrected chi connectivity index (χ4v) is 2.34. The van der Waals surface area contributed by atoms with Crippen LogP contribution in [0.5, 0.6) is 0 Å². The Labute approximate surface area is 124 Å². The highest BCUT2D eigenvalue weighted by Gasteiger charge is 2.10. The number of aryl methyl sites for hydroxylation is 3. The molecule has 0 aliphatic rings. The minimum Gasteiger partial charge on any atom is -0.478 e. The van der Waals surface area contributed by atoms with E-state index in [1.807, 2.05) is 0 Å². The van der Waals surface area contributed by atoms with Crippen molar-refractivity contribution in [1.29, 1.82) is 0 Å². The van der Waals surface area contributed by atoms with Gasteiger partial charge in [0.1, 0.15) is 5.82 Å². The smallest absolute Gasteiger partial charge is 0.338 e. The Kier molecular flexibility index (Phi) is 5.09. The zero-order valence-corrected chi connectivity index (χ0v) is 12.1. The maximum atomic E-state index is 13.6. The molecule has 2 aromatic carbocycles. The van der Waals surface area contributed by atoms with E-state index in [-0.39, 0.29) is 5.56 Å². The summed E-state index contributed by atoms with van der Waals surface area (Å²) in [5.41, 5.74) is 3.08. The van der Waals surface area contributed by atoms with Crippen LogP contribution in [0.2, 0.25) is 0 Å². The SMILES string of the molecule is CCCc1ccc(CCc2ccc(C(=O)O)c(F)c2)cc1. The molecule has 3 heteroatoms. The lowest BCUT2D eigenvalue weighted by Crippen LogP contribution is -2.01. The van der Waals surface area contributed by atoms with Crippen molar-refractivity contribution in [2.75, 3.05) is 0 Å². The van der Waals surface area contributed by atoms with Gasteiger partial charge in [-0.25, -0.2) is 9.18 Å². The van der Waals surface area contributed by atoms with Crippen LogP contribution < -0.4 is 0 Å². The maximum absolute atomic E-state index is 13.6. The fourth-order valence-electron chi connectivity index (χ4n) is 2.34. The highest BCUT2D eigenvalue weighted by molar-refractivity contribution is 5.87. The first-order valence-corrected chi connectivity index (χ1v) is 7.19. The molecule has 21 heavy (non-hydrogen) atoms. The lowest BCUT2D eigenvalue weighted by molar-refractivity contribution is 0.0692. The van der Waals surface area contributed by atoms with Crippen LogP contribution >= 0.6 is 0 Å². The van der Waals surface area contributed by atoms with E-state index in [0.717, 1.165) is 24.8 Å². The Morgan fingerprint density at radius 1 is 0.952 bits per heavy atom. The van der Waals surface area contributed by atoms with Gasteiger partial charge in [0, 0.05) is 0 Å². The minimum absolute atomic E-state index is 0.275. The summed E-state index contributed by atoms with van der Waals surface area (Å²) in [6.07, 6.45) is 3.74. The van der Waals surface area contributed by atoms with Crippen molar-refractivity contribution in [3.05, 3.63) is 70.5 Å². The van der Waals surface area contributed by atoms with Crippen molar-refractivity contribution in [1.82, 2.24) is 0 Å². The fraction of sp³-hybridized carbons (Fsp3) is 0.278. The second-order valence-electron chi connectivity index (χ2n) is 5.19. The molecule has 0 spiro atoms. The quantitative estimate of drug-likeness (QED) is 0.861. The normalized spacial score (nSPS) is 10.6. The van der Waals surface area contributed by atoms with Crippen LogP contribution in [0.1, 0.15) is 40.4 Å². The van der Waals surface area contributed by atoms with E-state index in [2.05, 4.69) is 31.2 Å². The molecule has 0 heterocycles. The number of aromatic carboxylic acids is 1. The second-order valence-corrected chi connectivity index (χ2v) is 5.19. The van der Waals surface area contributed by atoms with Crippen LogP contribution in [0.3, 0.4) is 0 Å². The van der Waals surface area contributed by atoms with Crippen molar-refractivity contribution >= 4 is 5.97 Å². The molecular weight excluding hydrogens is 267 g/mol. The van der Waals surface area contributed by atoms with Crippen LogP contribution in [0.25, 0.3) is 0 Å². The van der Waals surface area contributed by atoms with Gasteiger partial charge in [-0.15, -0.1) is 0 Å². The molecular formula is C18H19FO2. The lowest BCUT2D eigenvalue weighted by Gasteiger charge is -2.05. The van der Waals surface area contributed by atoms with Crippen LogP contribution in [-0.4, -0.2) is 11.1 Å². The third kappa shape index (κ3) is 4.15. The van der Waals surface area contributed by atoms with E-state index in [1.54, 1.807) is 6.07 Å². The summed E-state index contributed by atoms with van der Waals surface area (Å²) >= 11 is 0. The summed E-state index contributed by atoms with van der Waals surface area (Å²) in [6, 6.07) is 12.8. The van der Waals surface area contributed by atoms with Crippen molar-refractivity contribution in [3.8, 4) is 0 Å². The van der Waals surface area contributed by atoms with E-state index in [1.165, 1.54) is 23.3 Å². The molecule has 0 aromatic heterocycles. The van der Waals surface area contributed by atoms with Crippen LogP contribution in [0.15, 0.2) is 42.5 Å². The number of rotatable bonds is 6. The molecule has 0 saturated carbocycles. The van der Waals surface area contributed by atoms with E-state index < -0.39 is 11.8 Å². The molecule has 0 amide bonds. The van der Waals surface area contributed by atoms with Crippen LogP contribution in [-0.2, 0) is 19.3 Å². The Morgan fingerprint density at radius 3 is 2.00 bits per heavy atom. The molecule has 1 N–H and O–H groups in total. The number of hydrogen-bond acceptors (Lipinski definition) is 1. The molecule has 0 atom stereocenters. The topological polar surface area (TPSA) is 37.3 Å². The summed E-state index contributed by atoms with van der Waals surface area (Å²) in [6.45, 7) is 2.16. The Hall–Kier alpha value is -2.16. The van der Waals surface area contributed by atoms with E-state index in [9.17, 15) is 9.18 Å². The standard InChI is InChI=1S/C18H19FO2/c1-2-3-13-4-6-14(7-5-13)8-9-15-10-11-16(18(20)21)17(19)12-15/h4-7,10-12H,2-3,8-9H2,1H3,(H,20,21). The number of carboxylic acids is 1. The Bertz CT molecular complexity index is 618. The summed E-state index contributed by atoms with van der Waals surface area (Å²) < 4.78 is 13.6. The molecule has 110 valence electrons. The van der Waals surface area contributed by atoms with Gasteiger partial charge in [-0.1, -0.05) is 43.7 Å². The van der Waals surface area contributed by atoms with Gasteiger partial charge in [0.25, 0.3) is 0 Å². The van der Waals surface area contributed by atoms with E-state index in [0.29, 0.717) is 6.42 Å². The van der Waals surface area contributed by atoms with Gasteiger partial charge in [-0.05, 0) is 48.1 Å². The average Bonchev–Trinajstić information content (AvgIpc) is 2.46. The van der Waals surface area contributed by atoms with Gasteiger partial charge >= 0.3 is 5.97 Å². The summed E-state index contributed by atoms with van der Waals surface area (Å²) in [5.74, 6) is -1.90. The number of hydrogen-bond donors (Lipinski definition) is 1. The van der Waals surface area contributed by atoms with Crippen molar-refractivity contribution in [3.63, 3.8) is 0 Å². The van der Waals surface area contributed by atoms with Gasteiger partial charge in [0.15, 0.2) is 0 Å². The molecule has 0 saturated heterocycles. The third-order valence-electron chi connectivity index (χ3n) is 3.53. The van der Waals surface area contributed by atoms with E-state index in [4.69, 9.17) is 5.11 Å². The van der Waals surface area contributed by atoms with Crippen LogP contribution in [0.4, 0.5) is 4.39 Å². The van der Waals surface area contributed by atoms with Gasteiger partial charge in [0.05, 0.1) is 5.56 Å². The molecule has 2 aromatic rings. The zero-order chi connectivity index (χ0) is 15.2. The second kappa shape index (κ2) is 7.02. The number of halogens is 1. The number of carboxylic acid groups (broad SMARTS) is 1. The molecule has 0 aliphatic heterocycles. The average molecular weight is 286 g/mol. The summed E-state index contributed by atoms with van der Waals surface area (Å²) in [5, 5.41) is 8.79. The molecule has 0 fully saturated rings. The molecule has 0 bridgehead atoms.